The highest BCUT2D eigenvalue weighted by Gasteiger charge is 2.38. The second-order valence-electron chi connectivity index (χ2n) is 7.00. The summed E-state index contributed by atoms with van der Waals surface area (Å²) in [5.74, 6) is 0. The van der Waals surface area contributed by atoms with E-state index in [2.05, 4.69) is 42.7 Å². The van der Waals surface area contributed by atoms with Gasteiger partial charge in [-0.25, -0.2) is 13.6 Å². The van der Waals surface area contributed by atoms with Gasteiger partial charge in [0.25, 0.3) is 0 Å². The van der Waals surface area contributed by atoms with Gasteiger partial charge in [0.2, 0.25) is 10.0 Å². The molecule has 0 saturated heterocycles. The van der Waals surface area contributed by atoms with Crippen molar-refractivity contribution in [2.45, 2.75) is 29.1 Å². The SMILES string of the molecule is CSc1ccc(C2=CC3(C=C2c2ccc(S(N)(=O)=O)cc2)CCC3)cc1. The molecule has 1 fully saturated rings. The summed E-state index contributed by atoms with van der Waals surface area (Å²) in [5.41, 5.74) is 4.82. The monoisotopic (exact) mass is 383 g/mol. The lowest BCUT2D eigenvalue weighted by Crippen LogP contribution is -2.22. The maximum atomic E-state index is 11.5. The predicted octanol–water partition coefficient (Wildman–Crippen LogP) is 4.71. The Morgan fingerprint density at radius 2 is 1.38 bits per heavy atom. The molecule has 2 aliphatic rings. The van der Waals surface area contributed by atoms with Gasteiger partial charge in [0.05, 0.1) is 4.90 Å². The standard InChI is InChI=1S/C21H21NO2S2/c1-25-17-7-3-15(4-8-17)19-13-21(11-2-12-21)14-20(19)16-5-9-18(10-6-16)26(22,23)24/h3-10,13-14H,2,11-12H2,1H3,(H2,22,23,24). The molecule has 2 aromatic rings. The summed E-state index contributed by atoms with van der Waals surface area (Å²) in [6.07, 6.45) is 10.4. The van der Waals surface area contributed by atoms with Gasteiger partial charge in [0.1, 0.15) is 0 Å². The Hall–Kier alpha value is -1.82. The number of sulfonamides is 1. The van der Waals surface area contributed by atoms with Crippen molar-refractivity contribution in [3.8, 4) is 0 Å². The van der Waals surface area contributed by atoms with Crippen LogP contribution in [0, 0.1) is 5.41 Å². The van der Waals surface area contributed by atoms with E-state index in [9.17, 15) is 8.42 Å². The summed E-state index contributed by atoms with van der Waals surface area (Å²) in [6, 6.07) is 15.5. The van der Waals surface area contributed by atoms with E-state index in [0.717, 1.165) is 5.56 Å². The average Bonchev–Trinajstić information content (AvgIpc) is 3.03. The van der Waals surface area contributed by atoms with Gasteiger partial charge >= 0.3 is 0 Å². The van der Waals surface area contributed by atoms with Crippen LogP contribution in [0.2, 0.25) is 0 Å². The van der Waals surface area contributed by atoms with Gasteiger partial charge in [-0.1, -0.05) is 42.8 Å². The summed E-state index contributed by atoms with van der Waals surface area (Å²) in [5, 5.41) is 5.22. The molecule has 4 rings (SSSR count). The number of allylic oxidation sites excluding steroid dienone is 4. The summed E-state index contributed by atoms with van der Waals surface area (Å²) >= 11 is 1.73. The number of benzene rings is 2. The Kier molecular flexibility index (Phi) is 4.34. The number of rotatable bonds is 4. The topological polar surface area (TPSA) is 60.2 Å². The van der Waals surface area contributed by atoms with Crippen LogP contribution in [0.3, 0.4) is 0 Å². The number of primary sulfonamides is 1. The quantitative estimate of drug-likeness (QED) is 0.778. The molecular formula is C21H21NO2S2. The molecule has 134 valence electrons. The summed E-state index contributed by atoms with van der Waals surface area (Å²) in [4.78, 5) is 1.39. The van der Waals surface area contributed by atoms with E-state index in [0.29, 0.717) is 0 Å². The molecule has 0 aromatic heterocycles. The Morgan fingerprint density at radius 3 is 1.77 bits per heavy atom. The fourth-order valence-electron chi connectivity index (χ4n) is 3.72. The molecule has 0 heterocycles. The van der Waals surface area contributed by atoms with Gasteiger partial charge in [0.15, 0.2) is 0 Å². The van der Waals surface area contributed by atoms with Gasteiger partial charge in [-0.15, -0.1) is 11.8 Å². The van der Waals surface area contributed by atoms with E-state index in [1.807, 2.05) is 12.1 Å². The first-order valence-electron chi connectivity index (χ1n) is 8.64. The van der Waals surface area contributed by atoms with E-state index < -0.39 is 10.0 Å². The molecule has 2 aliphatic carbocycles. The van der Waals surface area contributed by atoms with Crippen molar-refractivity contribution in [1.82, 2.24) is 0 Å². The van der Waals surface area contributed by atoms with Gasteiger partial charge in [-0.3, -0.25) is 0 Å². The van der Waals surface area contributed by atoms with Crippen LogP contribution in [0.25, 0.3) is 11.1 Å². The van der Waals surface area contributed by atoms with E-state index in [-0.39, 0.29) is 10.3 Å². The summed E-state index contributed by atoms with van der Waals surface area (Å²) in [6.45, 7) is 0. The molecule has 0 bridgehead atoms. The maximum Gasteiger partial charge on any atom is 0.238 e. The van der Waals surface area contributed by atoms with E-state index in [1.54, 1.807) is 23.9 Å². The maximum absolute atomic E-state index is 11.5. The molecule has 3 nitrogen and oxygen atoms in total. The highest BCUT2D eigenvalue weighted by atomic mass is 32.2. The van der Waals surface area contributed by atoms with Crippen molar-refractivity contribution < 1.29 is 8.42 Å². The van der Waals surface area contributed by atoms with Gasteiger partial charge in [0, 0.05) is 10.3 Å². The zero-order valence-electron chi connectivity index (χ0n) is 14.6. The third-order valence-corrected chi connectivity index (χ3v) is 7.01. The van der Waals surface area contributed by atoms with Crippen LogP contribution in [0.1, 0.15) is 30.4 Å². The average molecular weight is 384 g/mol. The lowest BCUT2D eigenvalue weighted by atomic mass is 9.70. The molecular weight excluding hydrogens is 362 g/mol. The molecule has 0 unspecified atom stereocenters. The molecule has 5 heteroatoms. The minimum atomic E-state index is -3.67. The minimum Gasteiger partial charge on any atom is -0.225 e. The van der Waals surface area contributed by atoms with Crippen LogP contribution in [0.5, 0.6) is 0 Å². The predicted molar refractivity (Wildman–Crippen MR) is 108 cm³/mol. The molecule has 26 heavy (non-hydrogen) atoms. The Morgan fingerprint density at radius 1 is 0.885 bits per heavy atom. The number of nitrogens with two attached hydrogens (primary N) is 1. The Bertz CT molecular complexity index is 997. The van der Waals surface area contributed by atoms with Crippen LogP contribution in [-0.4, -0.2) is 14.7 Å². The third-order valence-electron chi connectivity index (χ3n) is 5.33. The first-order chi connectivity index (χ1) is 12.4. The molecule has 2 N–H and O–H groups in total. The van der Waals surface area contributed by atoms with E-state index >= 15 is 0 Å². The highest BCUT2D eigenvalue weighted by Crippen LogP contribution is 2.54. The first-order valence-corrected chi connectivity index (χ1v) is 11.4. The van der Waals surface area contributed by atoms with Crippen LogP contribution in [0.15, 0.2) is 70.5 Å². The highest BCUT2D eigenvalue weighted by molar-refractivity contribution is 7.98. The number of thioether (sulfide) groups is 1. The molecule has 0 aliphatic heterocycles. The summed E-state index contributed by atoms with van der Waals surface area (Å²) in [7, 11) is -3.67. The van der Waals surface area contributed by atoms with Crippen molar-refractivity contribution in [1.29, 1.82) is 0 Å². The molecule has 0 amide bonds. The number of hydrogen-bond donors (Lipinski definition) is 1. The van der Waals surface area contributed by atoms with Gasteiger partial charge < -0.3 is 0 Å². The fourth-order valence-corrected chi connectivity index (χ4v) is 4.64. The minimum absolute atomic E-state index is 0.146. The molecule has 0 radical (unpaired) electrons. The Labute approximate surface area is 159 Å². The van der Waals surface area contributed by atoms with Crippen LogP contribution in [-0.2, 0) is 10.0 Å². The van der Waals surface area contributed by atoms with Crippen molar-refractivity contribution in [2.75, 3.05) is 6.26 Å². The largest absolute Gasteiger partial charge is 0.238 e. The van der Waals surface area contributed by atoms with Crippen molar-refractivity contribution in [2.24, 2.45) is 10.6 Å². The second-order valence-corrected chi connectivity index (χ2v) is 9.44. The molecule has 1 saturated carbocycles. The zero-order valence-corrected chi connectivity index (χ0v) is 16.2. The van der Waals surface area contributed by atoms with E-state index in [4.69, 9.17) is 5.14 Å². The van der Waals surface area contributed by atoms with Crippen molar-refractivity contribution >= 4 is 32.9 Å². The molecule has 0 atom stereocenters. The third kappa shape index (κ3) is 3.15. The zero-order chi connectivity index (χ0) is 18.4. The second kappa shape index (κ2) is 6.41. The van der Waals surface area contributed by atoms with Gasteiger partial charge in [-0.05, 0) is 65.6 Å². The van der Waals surface area contributed by atoms with Crippen molar-refractivity contribution in [3.63, 3.8) is 0 Å². The normalized spacial score (nSPS) is 18.4. The molecule has 2 aromatic carbocycles. The Balaban J connectivity index is 1.75. The lowest BCUT2D eigenvalue weighted by molar-refractivity contribution is 0.282. The molecule has 1 spiro atoms. The van der Waals surface area contributed by atoms with Gasteiger partial charge in [-0.2, -0.15) is 0 Å². The van der Waals surface area contributed by atoms with Crippen LogP contribution >= 0.6 is 11.8 Å². The first kappa shape index (κ1) is 17.6. The smallest absolute Gasteiger partial charge is 0.225 e. The number of hydrogen-bond acceptors (Lipinski definition) is 3. The van der Waals surface area contributed by atoms with Crippen molar-refractivity contribution in [3.05, 3.63) is 71.8 Å². The van der Waals surface area contributed by atoms with Crippen LogP contribution in [0.4, 0.5) is 0 Å². The summed E-state index contributed by atoms with van der Waals surface area (Å²) < 4.78 is 23.0. The lowest BCUT2D eigenvalue weighted by Gasteiger charge is -2.34. The van der Waals surface area contributed by atoms with Crippen LogP contribution < -0.4 is 5.14 Å². The fraction of sp³-hybridized carbons (Fsp3) is 0.238. The van der Waals surface area contributed by atoms with E-state index in [1.165, 1.54) is 40.9 Å².